The zero-order valence-corrected chi connectivity index (χ0v) is 16.1. The summed E-state index contributed by atoms with van der Waals surface area (Å²) >= 11 is 0. The van der Waals surface area contributed by atoms with Crippen LogP contribution in [0.25, 0.3) is 5.57 Å². The van der Waals surface area contributed by atoms with E-state index >= 15 is 0 Å². The lowest BCUT2D eigenvalue weighted by Gasteiger charge is -2.14. The Hall–Kier alpha value is -2.83. The van der Waals surface area contributed by atoms with Crippen LogP contribution in [0.1, 0.15) is 32.3 Å². The number of hydrogen-bond acceptors (Lipinski definition) is 4. The number of nitrogens with two attached hydrogens (primary N) is 1. The second-order valence-corrected chi connectivity index (χ2v) is 5.50. The number of benzene rings is 1. The van der Waals surface area contributed by atoms with E-state index in [4.69, 9.17) is 15.2 Å². The first-order valence-electron chi connectivity index (χ1n) is 8.42. The van der Waals surface area contributed by atoms with Crippen molar-refractivity contribution in [3.63, 3.8) is 0 Å². The maximum Gasteiger partial charge on any atom is 0.220 e. The van der Waals surface area contributed by atoms with Gasteiger partial charge in [-0.2, -0.15) is 0 Å². The van der Waals surface area contributed by atoms with Crippen molar-refractivity contribution in [2.24, 2.45) is 15.7 Å². The fourth-order valence-electron chi connectivity index (χ4n) is 2.45. The molecule has 3 N–H and O–H groups in total. The van der Waals surface area contributed by atoms with Crippen molar-refractivity contribution in [2.45, 2.75) is 26.7 Å². The van der Waals surface area contributed by atoms with E-state index in [-0.39, 0.29) is 11.9 Å². The van der Waals surface area contributed by atoms with E-state index in [2.05, 4.69) is 15.3 Å². The standard InChI is InChI=1S/C19H28N4O3/c1-6-22-17(24)11-10-14(23-19(20)21-3)12-13(2)18-15(25-4)8-7-9-16(18)26-5/h7-9,12H,6,10-11H2,1-5H3,(H2,20,21)(H,22,24)/b13-12+,23-14-. The molecule has 0 fully saturated rings. The van der Waals surface area contributed by atoms with Crippen LogP contribution in [0.5, 0.6) is 11.5 Å². The molecule has 1 aromatic carbocycles. The van der Waals surface area contributed by atoms with Crippen molar-refractivity contribution < 1.29 is 14.3 Å². The van der Waals surface area contributed by atoms with E-state index in [1.807, 2.05) is 38.1 Å². The van der Waals surface area contributed by atoms with Gasteiger partial charge in [-0.05, 0) is 44.1 Å². The van der Waals surface area contributed by atoms with Crippen molar-refractivity contribution in [1.82, 2.24) is 5.32 Å². The van der Waals surface area contributed by atoms with Crippen LogP contribution >= 0.6 is 0 Å². The van der Waals surface area contributed by atoms with Gasteiger partial charge < -0.3 is 20.5 Å². The maximum absolute atomic E-state index is 11.8. The largest absolute Gasteiger partial charge is 0.496 e. The van der Waals surface area contributed by atoms with Crippen molar-refractivity contribution in [3.8, 4) is 11.5 Å². The van der Waals surface area contributed by atoms with Crippen molar-refractivity contribution in [1.29, 1.82) is 0 Å². The van der Waals surface area contributed by atoms with E-state index < -0.39 is 0 Å². The van der Waals surface area contributed by atoms with Gasteiger partial charge in [0.2, 0.25) is 11.9 Å². The number of carbonyl (C=O) groups is 1. The highest BCUT2D eigenvalue weighted by molar-refractivity contribution is 6.07. The molecule has 26 heavy (non-hydrogen) atoms. The molecule has 0 saturated carbocycles. The Morgan fingerprint density at radius 1 is 1.23 bits per heavy atom. The lowest BCUT2D eigenvalue weighted by molar-refractivity contribution is -0.120. The fraction of sp³-hybridized carbons (Fsp3) is 0.421. The number of nitrogens with zero attached hydrogens (tertiary/aromatic N) is 2. The Morgan fingerprint density at radius 3 is 2.35 bits per heavy atom. The van der Waals surface area contributed by atoms with Gasteiger partial charge in [-0.15, -0.1) is 0 Å². The lowest BCUT2D eigenvalue weighted by atomic mass is 10.0. The Labute approximate surface area is 155 Å². The van der Waals surface area contributed by atoms with Gasteiger partial charge in [0.05, 0.1) is 19.8 Å². The predicted molar refractivity (Wildman–Crippen MR) is 106 cm³/mol. The summed E-state index contributed by atoms with van der Waals surface area (Å²) in [4.78, 5) is 19.9. The minimum atomic E-state index is -0.0341. The zero-order chi connectivity index (χ0) is 19.5. The number of rotatable bonds is 8. The Morgan fingerprint density at radius 2 is 1.85 bits per heavy atom. The first-order valence-corrected chi connectivity index (χ1v) is 8.42. The van der Waals surface area contributed by atoms with Crippen LogP contribution in [-0.4, -0.2) is 45.4 Å². The molecular weight excluding hydrogens is 332 g/mol. The second kappa shape index (κ2) is 10.9. The summed E-state index contributed by atoms with van der Waals surface area (Å²) in [6, 6.07) is 5.59. The van der Waals surface area contributed by atoms with Crippen LogP contribution in [0.4, 0.5) is 0 Å². The van der Waals surface area contributed by atoms with Gasteiger partial charge in [0.1, 0.15) is 11.5 Å². The van der Waals surface area contributed by atoms with Gasteiger partial charge in [-0.3, -0.25) is 9.79 Å². The molecular formula is C19H28N4O3. The molecule has 0 atom stereocenters. The number of guanidine groups is 1. The van der Waals surface area contributed by atoms with E-state index in [1.54, 1.807) is 21.3 Å². The Balaban J connectivity index is 3.23. The quantitative estimate of drug-likeness (QED) is 0.549. The molecule has 1 aromatic rings. The van der Waals surface area contributed by atoms with Crippen molar-refractivity contribution in [2.75, 3.05) is 27.8 Å². The van der Waals surface area contributed by atoms with Crippen LogP contribution in [0.2, 0.25) is 0 Å². The molecule has 7 heteroatoms. The van der Waals surface area contributed by atoms with Gasteiger partial charge in [-0.1, -0.05) is 6.07 Å². The predicted octanol–water partition coefficient (Wildman–Crippen LogP) is 2.41. The highest BCUT2D eigenvalue weighted by Gasteiger charge is 2.13. The third-order valence-corrected chi connectivity index (χ3v) is 3.67. The molecule has 0 aliphatic carbocycles. The molecule has 1 amide bonds. The molecule has 0 aliphatic rings. The number of nitrogens with one attached hydrogen (secondary N) is 1. The summed E-state index contributed by atoms with van der Waals surface area (Å²) in [6.45, 7) is 4.41. The number of ether oxygens (including phenoxy) is 2. The summed E-state index contributed by atoms with van der Waals surface area (Å²) in [7, 11) is 4.79. The highest BCUT2D eigenvalue weighted by Crippen LogP contribution is 2.34. The van der Waals surface area contributed by atoms with Crippen LogP contribution in [0.15, 0.2) is 34.3 Å². The van der Waals surface area contributed by atoms with Crippen molar-refractivity contribution in [3.05, 3.63) is 29.8 Å². The number of allylic oxidation sites excluding steroid dienone is 2. The van der Waals surface area contributed by atoms with Gasteiger partial charge in [-0.25, -0.2) is 4.99 Å². The van der Waals surface area contributed by atoms with E-state index in [0.717, 1.165) is 11.1 Å². The average Bonchev–Trinajstić information content (AvgIpc) is 2.65. The van der Waals surface area contributed by atoms with Crippen LogP contribution in [0, 0.1) is 0 Å². The summed E-state index contributed by atoms with van der Waals surface area (Å²) in [5.74, 6) is 1.51. The summed E-state index contributed by atoms with van der Waals surface area (Å²) in [6.07, 6.45) is 2.63. The Bertz CT molecular complexity index is 686. The molecule has 0 bridgehead atoms. The first-order chi connectivity index (χ1) is 12.5. The molecule has 0 spiro atoms. The topological polar surface area (TPSA) is 98.3 Å². The maximum atomic E-state index is 11.8. The van der Waals surface area contributed by atoms with Crippen LogP contribution < -0.4 is 20.5 Å². The van der Waals surface area contributed by atoms with Crippen molar-refractivity contribution >= 4 is 23.2 Å². The second-order valence-electron chi connectivity index (χ2n) is 5.50. The summed E-state index contributed by atoms with van der Waals surface area (Å²) in [5, 5.41) is 2.77. The van der Waals surface area contributed by atoms with E-state index in [0.29, 0.717) is 36.6 Å². The number of carbonyl (C=O) groups excluding carboxylic acids is 1. The van der Waals surface area contributed by atoms with E-state index in [9.17, 15) is 4.79 Å². The molecule has 0 radical (unpaired) electrons. The molecule has 0 unspecified atom stereocenters. The molecule has 7 nitrogen and oxygen atoms in total. The monoisotopic (exact) mass is 360 g/mol. The molecule has 1 rings (SSSR count). The van der Waals surface area contributed by atoms with Gasteiger partial charge >= 0.3 is 0 Å². The zero-order valence-electron chi connectivity index (χ0n) is 16.1. The van der Waals surface area contributed by atoms with E-state index in [1.165, 1.54) is 0 Å². The van der Waals surface area contributed by atoms with Crippen LogP contribution in [0.3, 0.4) is 0 Å². The number of hydrogen-bond donors (Lipinski definition) is 2. The molecule has 0 heterocycles. The van der Waals surface area contributed by atoms with Gasteiger partial charge in [0.15, 0.2) is 0 Å². The minimum absolute atomic E-state index is 0.0341. The molecule has 142 valence electrons. The van der Waals surface area contributed by atoms with Gasteiger partial charge in [0, 0.05) is 25.7 Å². The Kier molecular flexibility index (Phi) is 8.91. The highest BCUT2D eigenvalue weighted by atomic mass is 16.5. The fourth-order valence-corrected chi connectivity index (χ4v) is 2.45. The lowest BCUT2D eigenvalue weighted by Crippen LogP contribution is -2.23. The summed E-state index contributed by atoms with van der Waals surface area (Å²) in [5.41, 5.74) is 8.12. The number of methoxy groups -OCH3 is 2. The minimum Gasteiger partial charge on any atom is -0.496 e. The number of amides is 1. The molecule has 0 aromatic heterocycles. The third-order valence-electron chi connectivity index (χ3n) is 3.67. The SMILES string of the molecule is CCNC(=O)CCC(/C=C(\C)c1c(OC)cccc1OC)=N/C(N)=NC. The van der Waals surface area contributed by atoms with Gasteiger partial charge in [0.25, 0.3) is 0 Å². The normalized spacial score (nSPS) is 12.7. The molecule has 0 saturated heterocycles. The third kappa shape index (κ3) is 6.23. The smallest absolute Gasteiger partial charge is 0.220 e. The average molecular weight is 360 g/mol. The number of aliphatic imine (C=N–C) groups is 2. The first kappa shape index (κ1) is 21.2. The summed E-state index contributed by atoms with van der Waals surface area (Å²) < 4.78 is 10.9. The molecule has 0 aliphatic heterocycles. The van der Waals surface area contributed by atoms with Crippen LogP contribution in [-0.2, 0) is 4.79 Å².